The topological polar surface area (TPSA) is 114 Å². The van der Waals surface area contributed by atoms with Crippen molar-refractivity contribution >= 4 is 26.7 Å². The van der Waals surface area contributed by atoms with E-state index < -0.39 is 9.84 Å². The monoisotopic (exact) mass is 443 g/mol. The number of morpholine rings is 1. The maximum atomic E-state index is 12.0. The van der Waals surface area contributed by atoms with Gasteiger partial charge in [0.05, 0.1) is 46.9 Å². The number of fused-ring (bicyclic) bond motifs is 1. The van der Waals surface area contributed by atoms with Crippen LogP contribution < -0.4 is 10.6 Å². The van der Waals surface area contributed by atoms with Crippen LogP contribution in [-0.2, 0) is 20.3 Å². The Morgan fingerprint density at radius 3 is 2.71 bits per heavy atom. The van der Waals surface area contributed by atoms with Crippen molar-refractivity contribution in [3.63, 3.8) is 0 Å². The van der Waals surface area contributed by atoms with Crippen molar-refractivity contribution in [2.24, 2.45) is 5.73 Å². The van der Waals surface area contributed by atoms with Gasteiger partial charge in [0.2, 0.25) is 0 Å². The SMILES string of the molecule is CC(N)c1cc2nc(-c3cc(CS(C)(=O)=O)cc(N4CCO[C@H](C)[C@H]4C)n3)ccc2[nH]1. The van der Waals surface area contributed by atoms with E-state index in [9.17, 15) is 8.42 Å². The Bertz CT molecular complexity index is 1210. The Hall–Kier alpha value is -2.49. The number of ether oxygens (including phenoxy) is 1. The Morgan fingerprint density at radius 2 is 2.00 bits per heavy atom. The van der Waals surface area contributed by atoms with Crippen LogP contribution in [0.4, 0.5) is 5.82 Å². The Kier molecular flexibility index (Phi) is 5.76. The van der Waals surface area contributed by atoms with E-state index in [1.165, 1.54) is 6.26 Å². The van der Waals surface area contributed by atoms with Crippen LogP contribution in [0.2, 0.25) is 0 Å². The quantitative estimate of drug-likeness (QED) is 0.623. The van der Waals surface area contributed by atoms with Gasteiger partial charge >= 0.3 is 0 Å². The number of hydrogen-bond acceptors (Lipinski definition) is 7. The second-order valence-corrected chi connectivity index (χ2v) is 10.6. The average Bonchev–Trinajstić information content (AvgIpc) is 3.12. The molecule has 9 heteroatoms. The van der Waals surface area contributed by atoms with Gasteiger partial charge in [0, 0.05) is 24.5 Å². The molecule has 1 unspecified atom stereocenters. The number of hydrogen-bond donors (Lipinski definition) is 2. The molecule has 0 bridgehead atoms. The summed E-state index contributed by atoms with van der Waals surface area (Å²) in [6, 6.07) is 9.46. The number of anilines is 1. The van der Waals surface area contributed by atoms with Gasteiger partial charge in [-0.3, -0.25) is 0 Å². The first-order chi connectivity index (χ1) is 14.6. The van der Waals surface area contributed by atoms with Crippen LogP contribution in [0.3, 0.4) is 0 Å². The van der Waals surface area contributed by atoms with E-state index in [1.54, 1.807) is 0 Å². The zero-order valence-corrected chi connectivity index (χ0v) is 19.1. The van der Waals surface area contributed by atoms with E-state index in [1.807, 2.05) is 44.2 Å². The molecule has 3 aromatic heterocycles. The molecule has 166 valence electrons. The Balaban J connectivity index is 1.80. The number of aromatic nitrogens is 3. The lowest BCUT2D eigenvalue weighted by Crippen LogP contribution is -2.49. The number of nitrogens with one attached hydrogen (secondary N) is 1. The van der Waals surface area contributed by atoms with E-state index in [4.69, 9.17) is 20.4 Å². The molecule has 0 aliphatic carbocycles. The zero-order valence-electron chi connectivity index (χ0n) is 18.3. The van der Waals surface area contributed by atoms with E-state index in [2.05, 4.69) is 16.8 Å². The van der Waals surface area contributed by atoms with Gasteiger partial charge in [0.15, 0.2) is 9.84 Å². The fraction of sp³-hybridized carbons (Fsp3) is 0.455. The van der Waals surface area contributed by atoms with Crippen LogP contribution in [0, 0.1) is 0 Å². The summed E-state index contributed by atoms with van der Waals surface area (Å²) in [5, 5.41) is 0. The van der Waals surface area contributed by atoms with Crippen molar-refractivity contribution in [2.45, 2.75) is 44.7 Å². The maximum absolute atomic E-state index is 12.0. The van der Waals surface area contributed by atoms with Gasteiger partial charge in [-0.1, -0.05) is 0 Å². The van der Waals surface area contributed by atoms with Crippen LogP contribution in [-0.4, -0.2) is 54.9 Å². The molecule has 1 aliphatic heterocycles. The van der Waals surface area contributed by atoms with Crippen molar-refractivity contribution in [1.29, 1.82) is 0 Å². The second kappa shape index (κ2) is 8.22. The highest BCUT2D eigenvalue weighted by atomic mass is 32.2. The van der Waals surface area contributed by atoms with Gasteiger partial charge in [-0.05, 0) is 56.7 Å². The molecule has 0 radical (unpaired) electrons. The highest BCUT2D eigenvalue weighted by molar-refractivity contribution is 7.89. The number of pyridine rings is 2. The third-order valence-corrected chi connectivity index (χ3v) is 6.59. The molecule has 3 atom stereocenters. The molecule has 0 aromatic carbocycles. The number of nitrogens with zero attached hydrogens (tertiary/aromatic N) is 3. The highest BCUT2D eigenvalue weighted by Crippen LogP contribution is 2.28. The van der Waals surface area contributed by atoms with Crippen molar-refractivity contribution in [3.05, 3.63) is 41.6 Å². The van der Waals surface area contributed by atoms with Crippen LogP contribution in [0.25, 0.3) is 22.4 Å². The highest BCUT2D eigenvalue weighted by Gasteiger charge is 2.27. The molecule has 3 aromatic rings. The van der Waals surface area contributed by atoms with E-state index in [0.29, 0.717) is 30.1 Å². The molecule has 0 saturated carbocycles. The van der Waals surface area contributed by atoms with Gasteiger partial charge in [-0.2, -0.15) is 0 Å². The van der Waals surface area contributed by atoms with Crippen LogP contribution >= 0.6 is 0 Å². The largest absolute Gasteiger partial charge is 0.375 e. The smallest absolute Gasteiger partial charge is 0.151 e. The molecule has 1 saturated heterocycles. The fourth-order valence-electron chi connectivity index (χ4n) is 3.91. The lowest BCUT2D eigenvalue weighted by Gasteiger charge is -2.39. The molecular formula is C22H29N5O3S. The lowest BCUT2D eigenvalue weighted by molar-refractivity contribution is 0.0281. The van der Waals surface area contributed by atoms with Crippen molar-refractivity contribution in [3.8, 4) is 11.4 Å². The first kappa shape index (κ1) is 21.7. The molecule has 8 nitrogen and oxygen atoms in total. The minimum absolute atomic E-state index is 0.0506. The average molecular weight is 444 g/mol. The third kappa shape index (κ3) is 4.73. The van der Waals surface area contributed by atoms with Gasteiger partial charge in [-0.25, -0.2) is 18.4 Å². The van der Waals surface area contributed by atoms with E-state index in [0.717, 1.165) is 22.5 Å². The van der Waals surface area contributed by atoms with Crippen molar-refractivity contribution in [2.75, 3.05) is 24.3 Å². The van der Waals surface area contributed by atoms with Crippen LogP contribution in [0.15, 0.2) is 30.3 Å². The summed E-state index contributed by atoms with van der Waals surface area (Å²) in [7, 11) is -3.20. The summed E-state index contributed by atoms with van der Waals surface area (Å²) in [5.41, 5.74) is 10.6. The summed E-state index contributed by atoms with van der Waals surface area (Å²) in [6.45, 7) is 7.34. The molecule has 31 heavy (non-hydrogen) atoms. The molecule has 0 amide bonds. The molecule has 3 N–H and O–H groups in total. The van der Waals surface area contributed by atoms with Crippen LogP contribution in [0.1, 0.15) is 38.1 Å². The first-order valence-corrected chi connectivity index (χ1v) is 12.5. The fourth-order valence-corrected chi connectivity index (χ4v) is 4.68. The number of nitrogens with two attached hydrogens (primary N) is 1. The van der Waals surface area contributed by atoms with Gasteiger partial charge in [-0.15, -0.1) is 0 Å². The van der Waals surface area contributed by atoms with E-state index >= 15 is 0 Å². The standard InChI is InChI=1S/C22H29N5O3S/c1-13(23)19-11-21-18(24-19)6-5-17(25-21)20-9-16(12-31(4,28)29)10-22(26-20)27-7-8-30-15(3)14(27)2/h5-6,9-11,13-15,24H,7-8,12,23H2,1-4H3/t13?,14-,15-/m1/s1. The number of aromatic amines is 1. The first-order valence-electron chi connectivity index (χ1n) is 10.4. The lowest BCUT2D eigenvalue weighted by atomic mass is 10.1. The number of sulfone groups is 1. The molecule has 4 rings (SSSR count). The van der Waals surface area contributed by atoms with Crippen molar-refractivity contribution in [1.82, 2.24) is 15.0 Å². The summed E-state index contributed by atoms with van der Waals surface area (Å²) >= 11 is 0. The predicted molar refractivity (Wildman–Crippen MR) is 123 cm³/mol. The molecule has 1 aliphatic rings. The number of rotatable bonds is 5. The van der Waals surface area contributed by atoms with Gasteiger partial charge in [0.1, 0.15) is 5.82 Å². The van der Waals surface area contributed by atoms with Crippen molar-refractivity contribution < 1.29 is 13.2 Å². The summed E-state index contributed by atoms with van der Waals surface area (Å²) in [4.78, 5) is 15.1. The zero-order chi connectivity index (χ0) is 22.3. The molecular weight excluding hydrogens is 414 g/mol. The van der Waals surface area contributed by atoms with Gasteiger partial charge < -0.3 is 20.4 Å². The van der Waals surface area contributed by atoms with E-state index in [-0.39, 0.29) is 23.9 Å². The molecule has 0 spiro atoms. The maximum Gasteiger partial charge on any atom is 0.151 e. The summed E-state index contributed by atoms with van der Waals surface area (Å²) in [5.74, 6) is 0.691. The second-order valence-electron chi connectivity index (χ2n) is 8.44. The predicted octanol–water partition coefficient (Wildman–Crippen LogP) is 2.80. The minimum atomic E-state index is -3.20. The summed E-state index contributed by atoms with van der Waals surface area (Å²) < 4.78 is 29.8. The summed E-state index contributed by atoms with van der Waals surface area (Å²) in [6.07, 6.45) is 1.30. The van der Waals surface area contributed by atoms with Crippen LogP contribution in [0.5, 0.6) is 0 Å². The Morgan fingerprint density at radius 1 is 1.23 bits per heavy atom. The normalized spacial score (nSPS) is 20.9. The molecule has 4 heterocycles. The number of H-pyrrole nitrogens is 1. The minimum Gasteiger partial charge on any atom is -0.375 e. The molecule has 1 fully saturated rings. The van der Waals surface area contributed by atoms with Gasteiger partial charge in [0.25, 0.3) is 0 Å². The third-order valence-electron chi connectivity index (χ3n) is 5.73. The Labute approximate surface area is 182 Å².